The summed E-state index contributed by atoms with van der Waals surface area (Å²) >= 11 is 1.83. The molecule has 0 spiro atoms. The van der Waals surface area contributed by atoms with E-state index in [1.807, 2.05) is 11.8 Å². The molecule has 10 aromatic carbocycles. The van der Waals surface area contributed by atoms with E-state index in [1.165, 1.54) is 53.8 Å². The maximum Gasteiger partial charge on any atom is 0.160 e. The third kappa shape index (κ3) is 6.23. The maximum atomic E-state index is 5.36. The summed E-state index contributed by atoms with van der Waals surface area (Å²) < 4.78 is 2.46. The molecule has 0 amide bonds. The zero-order valence-electron chi connectivity index (χ0n) is 35.1. The highest BCUT2D eigenvalue weighted by Gasteiger charge is 2.26. The molecule has 65 heavy (non-hydrogen) atoms. The largest absolute Gasteiger partial charge is 0.309 e. The molecule has 1 aliphatic heterocycles. The molecule has 2 aromatic heterocycles. The smallest absolute Gasteiger partial charge is 0.160 e. The zero-order valence-corrected chi connectivity index (χ0v) is 36.0. The number of anilines is 3. The van der Waals surface area contributed by atoms with E-state index in [1.54, 1.807) is 0 Å². The zero-order chi connectivity index (χ0) is 42.8. The molecule has 0 bridgehead atoms. The number of nitrogens with zero attached hydrogens (tertiary/aromatic N) is 4. The summed E-state index contributed by atoms with van der Waals surface area (Å²) in [6.07, 6.45) is 0. The highest BCUT2D eigenvalue weighted by atomic mass is 32.2. The Kier molecular flexibility index (Phi) is 8.74. The molecule has 0 saturated carbocycles. The Morgan fingerprint density at radius 3 is 1.91 bits per heavy atom. The van der Waals surface area contributed by atoms with Crippen LogP contribution in [0.1, 0.15) is 0 Å². The van der Waals surface area contributed by atoms with E-state index in [4.69, 9.17) is 9.97 Å². The molecule has 1 aliphatic rings. The van der Waals surface area contributed by atoms with Crippen LogP contribution < -0.4 is 4.90 Å². The standard InChI is InChI=1S/C60H38N4S/c1-3-15-39(16-4-1)40-29-31-42(32-30-40)58-49-23-9-10-26-51(49)61-60(62-58)44-18-13-21-46(37-44)64-53-35-33-41-17-7-8-22-47(41)57(53)50-25-14-24-48(59(50)64)43-34-36-56-54(38-43)63(45-19-5-2-6-20-45)52-27-11-12-28-55(52)65-56/h1-38H. The van der Waals surface area contributed by atoms with Crippen LogP contribution >= 0.6 is 11.8 Å². The summed E-state index contributed by atoms with van der Waals surface area (Å²) in [6, 6.07) is 82.8. The number of para-hydroxylation sites is 4. The van der Waals surface area contributed by atoms with Gasteiger partial charge in [0.2, 0.25) is 0 Å². The van der Waals surface area contributed by atoms with Gasteiger partial charge in [-0.1, -0.05) is 182 Å². The Labute approximate surface area is 380 Å². The van der Waals surface area contributed by atoms with Crippen molar-refractivity contribution in [1.29, 1.82) is 0 Å². The first kappa shape index (κ1) is 37.3. The van der Waals surface area contributed by atoms with E-state index in [2.05, 4.69) is 240 Å². The first-order valence-electron chi connectivity index (χ1n) is 22.0. The van der Waals surface area contributed by atoms with Crippen LogP contribution in [-0.4, -0.2) is 14.5 Å². The lowest BCUT2D eigenvalue weighted by Crippen LogP contribution is -2.14. The van der Waals surface area contributed by atoms with Gasteiger partial charge in [-0.15, -0.1) is 0 Å². The van der Waals surface area contributed by atoms with Crippen molar-refractivity contribution in [3.63, 3.8) is 0 Å². The Balaban J connectivity index is 1.01. The molecule has 0 radical (unpaired) electrons. The summed E-state index contributed by atoms with van der Waals surface area (Å²) in [5, 5.41) is 5.92. The Morgan fingerprint density at radius 2 is 1.03 bits per heavy atom. The second-order valence-electron chi connectivity index (χ2n) is 16.5. The monoisotopic (exact) mass is 846 g/mol. The van der Waals surface area contributed by atoms with Gasteiger partial charge < -0.3 is 9.47 Å². The van der Waals surface area contributed by atoms with Gasteiger partial charge in [-0.2, -0.15) is 0 Å². The average molecular weight is 847 g/mol. The Bertz CT molecular complexity index is 3800. The van der Waals surface area contributed by atoms with Gasteiger partial charge in [-0.25, -0.2) is 9.97 Å². The molecule has 0 unspecified atom stereocenters. The van der Waals surface area contributed by atoms with E-state index < -0.39 is 0 Å². The van der Waals surface area contributed by atoms with Crippen molar-refractivity contribution in [3.8, 4) is 50.6 Å². The minimum absolute atomic E-state index is 0.688. The van der Waals surface area contributed by atoms with Gasteiger partial charge >= 0.3 is 0 Å². The van der Waals surface area contributed by atoms with Gasteiger partial charge in [-0.05, 0) is 88.1 Å². The number of hydrogen-bond acceptors (Lipinski definition) is 4. The number of benzene rings is 10. The second kappa shape index (κ2) is 15.2. The first-order chi connectivity index (χ1) is 32.2. The lowest BCUT2D eigenvalue weighted by Gasteiger charge is -2.33. The van der Waals surface area contributed by atoms with Crippen LogP contribution in [0, 0.1) is 0 Å². The van der Waals surface area contributed by atoms with Gasteiger partial charge in [-0.3, -0.25) is 0 Å². The Hall–Kier alpha value is -8.25. The Morgan fingerprint density at radius 1 is 0.385 bits per heavy atom. The molecular formula is C60H38N4S. The minimum atomic E-state index is 0.688. The molecule has 0 aliphatic carbocycles. The molecule has 12 aromatic rings. The molecule has 3 heterocycles. The van der Waals surface area contributed by atoms with E-state index in [-0.39, 0.29) is 0 Å². The first-order valence-corrected chi connectivity index (χ1v) is 22.8. The molecular weight excluding hydrogens is 809 g/mol. The highest BCUT2D eigenvalue weighted by molar-refractivity contribution is 7.99. The van der Waals surface area contributed by atoms with E-state index in [0.29, 0.717) is 5.82 Å². The minimum Gasteiger partial charge on any atom is -0.309 e. The average Bonchev–Trinajstić information content (AvgIpc) is 3.73. The molecule has 0 atom stereocenters. The fourth-order valence-electron chi connectivity index (χ4n) is 9.78. The quantitative estimate of drug-likeness (QED) is 0.167. The predicted octanol–water partition coefficient (Wildman–Crippen LogP) is 16.5. The van der Waals surface area contributed by atoms with Crippen LogP contribution in [0.25, 0.3) is 94.1 Å². The van der Waals surface area contributed by atoms with Gasteiger partial charge in [0.05, 0.1) is 33.6 Å². The summed E-state index contributed by atoms with van der Waals surface area (Å²) in [7, 11) is 0. The summed E-state index contributed by atoms with van der Waals surface area (Å²) in [6.45, 7) is 0. The molecule has 13 rings (SSSR count). The van der Waals surface area contributed by atoms with Gasteiger partial charge in [0.15, 0.2) is 5.82 Å². The number of fused-ring (bicyclic) bond motifs is 8. The SMILES string of the molecule is c1ccc(-c2ccc(-c3nc(-c4cccc(-n5c6ccc7ccccc7c6c6cccc(-c7ccc8c(c7)N(c7ccccc7)c7ccccc7S8)c65)c4)nc4ccccc34)cc2)cc1. The maximum absolute atomic E-state index is 5.36. The highest BCUT2D eigenvalue weighted by Crippen LogP contribution is 2.53. The van der Waals surface area contributed by atoms with Crippen molar-refractivity contribution in [2.45, 2.75) is 9.79 Å². The molecule has 0 fully saturated rings. The molecule has 304 valence electrons. The number of aromatic nitrogens is 3. The van der Waals surface area contributed by atoms with E-state index >= 15 is 0 Å². The van der Waals surface area contributed by atoms with Crippen LogP contribution in [-0.2, 0) is 0 Å². The number of hydrogen-bond donors (Lipinski definition) is 0. The molecule has 0 N–H and O–H groups in total. The van der Waals surface area contributed by atoms with Gasteiger partial charge in [0.25, 0.3) is 0 Å². The van der Waals surface area contributed by atoms with Crippen molar-refractivity contribution < 1.29 is 0 Å². The third-order valence-electron chi connectivity index (χ3n) is 12.8. The predicted molar refractivity (Wildman–Crippen MR) is 272 cm³/mol. The van der Waals surface area contributed by atoms with Crippen LogP contribution in [0.5, 0.6) is 0 Å². The van der Waals surface area contributed by atoms with Crippen molar-refractivity contribution in [3.05, 3.63) is 231 Å². The summed E-state index contributed by atoms with van der Waals surface area (Å²) in [5.74, 6) is 0.688. The molecule has 0 saturated heterocycles. The molecule has 4 nitrogen and oxygen atoms in total. The van der Waals surface area contributed by atoms with E-state index in [9.17, 15) is 0 Å². The van der Waals surface area contributed by atoms with E-state index in [0.717, 1.165) is 61.3 Å². The summed E-state index contributed by atoms with van der Waals surface area (Å²) in [5.41, 5.74) is 15.4. The topological polar surface area (TPSA) is 34.0 Å². The van der Waals surface area contributed by atoms with Crippen LogP contribution in [0.2, 0.25) is 0 Å². The van der Waals surface area contributed by atoms with Gasteiger partial charge in [0, 0.05) is 54.0 Å². The van der Waals surface area contributed by atoms with Gasteiger partial charge in [0.1, 0.15) is 0 Å². The fourth-order valence-corrected chi connectivity index (χ4v) is 10.8. The van der Waals surface area contributed by atoms with Crippen molar-refractivity contribution in [2.75, 3.05) is 4.90 Å². The van der Waals surface area contributed by atoms with Crippen LogP contribution in [0.15, 0.2) is 240 Å². The normalized spacial score (nSPS) is 12.2. The van der Waals surface area contributed by atoms with Crippen molar-refractivity contribution >= 4 is 72.3 Å². The third-order valence-corrected chi connectivity index (χ3v) is 13.9. The van der Waals surface area contributed by atoms with Crippen molar-refractivity contribution in [1.82, 2.24) is 14.5 Å². The lowest BCUT2D eigenvalue weighted by molar-refractivity contribution is 1.16. The van der Waals surface area contributed by atoms with Crippen molar-refractivity contribution in [2.24, 2.45) is 0 Å². The summed E-state index contributed by atoms with van der Waals surface area (Å²) in [4.78, 5) is 15.5. The van der Waals surface area contributed by atoms with Crippen LogP contribution in [0.3, 0.4) is 0 Å². The van der Waals surface area contributed by atoms with Crippen LogP contribution in [0.4, 0.5) is 17.1 Å². The second-order valence-corrected chi connectivity index (χ2v) is 17.6. The lowest BCUT2D eigenvalue weighted by atomic mass is 9.99. The fraction of sp³-hybridized carbons (Fsp3) is 0. The molecule has 5 heteroatoms. The number of rotatable bonds is 6.